The van der Waals surface area contributed by atoms with Crippen molar-refractivity contribution in [1.29, 1.82) is 0 Å². The van der Waals surface area contributed by atoms with Gasteiger partial charge in [-0.3, -0.25) is 4.90 Å². The summed E-state index contributed by atoms with van der Waals surface area (Å²) in [6.07, 6.45) is 9.96. The van der Waals surface area contributed by atoms with Crippen LogP contribution in [0, 0.1) is 5.21 Å². The standard InChI is InChI=1S/C20H30N2O/c1-17(15-22(23)20(2,3)4)21(19-13-9-6-10-14-19)16-18-11-7-5-8-12-18/h5,7-9,11-13,15,17,19H,6,10,14,16H2,1-4H3/b22-15-/t17-,19+/m0/s1. The lowest BCUT2D eigenvalue weighted by molar-refractivity contribution is -0.532. The van der Waals surface area contributed by atoms with Crippen molar-refractivity contribution in [1.82, 2.24) is 4.90 Å². The normalized spacial score (nSPS) is 20.7. The van der Waals surface area contributed by atoms with Gasteiger partial charge >= 0.3 is 0 Å². The summed E-state index contributed by atoms with van der Waals surface area (Å²) in [5, 5.41) is 12.3. The van der Waals surface area contributed by atoms with Gasteiger partial charge in [0.25, 0.3) is 0 Å². The van der Waals surface area contributed by atoms with E-state index in [1.54, 1.807) is 0 Å². The first-order chi connectivity index (χ1) is 10.9. The van der Waals surface area contributed by atoms with Gasteiger partial charge in [0, 0.05) is 33.4 Å². The van der Waals surface area contributed by atoms with Crippen molar-refractivity contribution >= 4 is 6.21 Å². The van der Waals surface area contributed by atoms with Gasteiger partial charge in [0.2, 0.25) is 0 Å². The van der Waals surface area contributed by atoms with Crippen molar-refractivity contribution in [2.24, 2.45) is 0 Å². The van der Waals surface area contributed by atoms with E-state index in [1.165, 1.54) is 18.4 Å². The van der Waals surface area contributed by atoms with Crippen LogP contribution in [0.5, 0.6) is 0 Å². The first-order valence-corrected chi connectivity index (χ1v) is 8.66. The molecular weight excluding hydrogens is 284 g/mol. The molecule has 0 N–H and O–H groups in total. The summed E-state index contributed by atoms with van der Waals surface area (Å²) in [6, 6.07) is 11.0. The van der Waals surface area contributed by atoms with Crippen LogP contribution in [-0.2, 0) is 6.54 Å². The minimum Gasteiger partial charge on any atom is -0.624 e. The second kappa shape index (κ2) is 7.78. The molecule has 3 heteroatoms. The van der Waals surface area contributed by atoms with Crippen molar-refractivity contribution in [3.8, 4) is 0 Å². The fourth-order valence-corrected chi connectivity index (χ4v) is 2.93. The minimum atomic E-state index is -0.394. The fraction of sp³-hybridized carbons (Fsp3) is 0.550. The van der Waals surface area contributed by atoms with Gasteiger partial charge in [-0.1, -0.05) is 42.5 Å². The van der Waals surface area contributed by atoms with Crippen LogP contribution in [0.25, 0.3) is 0 Å². The van der Waals surface area contributed by atoms with Gasteiger partial charge in [-0.25, -0.2) is 4.74 Å². The first-order valence-electron chi connectivity index (χ1n) is 8.66. The topological polar surface area (TPSA) is 29.3 Å². The second-order valence-corrected chi connectivity index (χ2v) is 7.47. The predicted octanol–water partition coefficient (Wildman–Crippen LogP) is 4.37. The third kappa shape index (κ3) is 5.21. The lowest BCUT2D eigenvalue weighted by atomic mass is 9.99. The van der Waals surface area contributed by atoms with Crippen molar-refractivity contribution < 1.29 is 4.74 Å². The summed E-state index contributed by atoms with van der Waals surface area (Å²) in [6.45, 7) is 8.84. The highest BCUT2D eigenvalue weighted by atomic mass is 16.5. The van der Waals surface area contributed by atoms with Crippen LogP contribution in [-0.4, -0.2) is 33.5 Å². The van der Waals surface area contributed by atoms with Crippen molar-refractivity contribution in [3.05, 3.63) is 53.3 Å². The Morgan fingerprint density at radius 3 is 2.57 bits per heavy atom. The Hall–Kier alpha value is -1.61. The summed E-state index contributed by atoms with van der Waals surface area (Å²) in [5.74, 6) is 0. The van der Waals surface area contributed by atoms with E-state index in [0.29, 0.717) is 6.04 Å². The van der Waals surface area contributed by atoms with Crippen molar-refractivity contribution in [3.63, 3.8) is 0 Å². The molecular formula is C20H30N2O. The molecule has 3 nitrogen and oxygen atoms in total. The number of allylic oxidation sites excluding steroid dienone is 1. The van der Waals surface area contributed by atoms with Crippen LogP contribution < -0.4 is 0 Å². The molecule has 0 amide bonds. The van der Waals surface area contributed by atoms with Gasteiger partial charge in [-0.05, 0) is 31.7 Å². The molecule has 0 fully saturated rings. The van der Waals surface area contributed by atoms with Gasteiger partial charge in [0.1, 0.15) is 0 Å². The Morgan fingerprint density at radius 2 is 2.00 bits per heavy atom. The molecule has 0 aromatic heterocycles. The van der Waals surface area contributed by atoms with Crippen molar-refractivity contribution in [2.75, 3.05) is 0 Å². The smallest absolute Gasteiger partial charge is 0.168 e. The Bertz CT molecular complexity index is 543. The second-order valence-electron chi connectivity index (χ2n) is 7.47. The van der Waals surface area contributed by atoms with Crippen LogP contribution in [0.4, 0.5) is 0 Å². The Balaban J connectivity index is 2.22. The third-order valence-electron chi connectivity index (χ3n) is 4.40. The maximum absolute atomic E-state index is 12.3. The summed E-state index contributed by atoms with van der Waals surface area (Å²) in [4.78, 5) is 2.43. The Labute approximate surface area is 140 Å². The van der Waals surface area contributed by atoms with Gasteiger partial charge in [0.05, 0.1) is 6.04 Å². The summed E-state index contributed by atoms with van der Waals surface area (Å²) in [7, 11) is 0. The van der Waals surface area contributed by atoms with E-state index in [0.717, 1.165) is 17.7 Å². The quantitative estimate of drug-likeness (QED) is 0.266. The zero-order valence-corrected chi connectivity index (χ0v) is 14.9. The molecule has 0 saturated carbocycles. The van der Waals surface area contributed by atoms with Gasteiger partial charge in [0.15, 0.2) is 11.8 Å². The molecule has 0 bridgehead atoms. The van der Waals surface area contributed by atoms with Crippen LogP contribution >= 0.6 is 0 Å². The highest BCUT2D eigenvalue weighted by molar-refractivity contribution is 5.59. The van der Waals surface area contributed by atoms with Gasteiger partial charge in [-0.2, -0.15) is 0 Å². The largest absolute Gasteiger partial charge is 0.624 e. The van der Waals surface area contributed by atoms with Crippen LogP contribution in [0.1, 0.15) is 52.5 Å². The summed E-state index contributed by atoms with van der Waals surface area (Å²) in [5.41, 5.74) is 0.898. The number of hydroxylamine groups is 1. The maximum Gasteiger partial charge on any atom is 0.168 e. The van der Waals surface area contributed by atoms with E-state index in [9.17, 15) is 5.21 Å². The van der Waals surface area contributed by atoms with E-state index in [4.69, 9.17) is 0 Å². The molecule has 2 atom stereocenters. The van der Waals surface area contributed by atoms with Gasteiger partial charge in [-0.15, -0.1) is 0 Å². The molecule has 1 aliphatic rings. The van der Waals surface area contributed by atoms with E-state index in [2.05, 4.69) is 48.2 Å². The lowest BCUT2D eigenvalue weighted by Crippen LogP contribution is -2.44. The molecule has 2 rings (SSSR count). The summed E-state index contributed by atoms with van der Waals surface area (Å²) >= 11 is 0. The number of rotatable bonds is 5. The molecule has 126 valence electrons. The Kier molecular flexibility index (Phi) is 6.00. The third-order valence-corrected chi connectivity index (χ3v) is 4.40. The lowest BCUT2D eigenvalue weighted by Gasteiger charge is -2.34. The van der Waals surface area contributed by atoms with E-state index in [-0.39, 0.29) is 6.04 Å². The highest BCUT2D eigenvalue weighted by Gasteiger charge is 2.26. The summed E-state index contributed by atoms with van der Waals surface area (Å²) < 4.78 is 1.10. The molecule has 0 heterocycles. The molecule has 0 radical (unpaired) electrons. The molecule has 0 aliphatic heterocycles. The average molecular weight is 314 g/mol. The molecule has 0 saturated heterocycles. The Morgan fingerprint density at radius 1 is 1.30 bits per heavy atom. The van der Waals surface area contributed by atoms with Gasteiger partial charge < -0.3 is 5.21 Å². The van der Waals surface area contributed by atoms with E-state index in [1.807, 2.05) is 33.1 Å². The molecule has 23 heavy (non-hydrogen) atoms. The van der Waals surface area contributed by atoms with Crippen LogP contribution in [0.2, 0.25) is 0 Å². The number of nitrogens with zero attached hydrogens (tertiary/aromatic N) is 2. The molecule has 0 unspecified atom stereocenters. The van der Waals surface area contributed by atoms with E-state index < -0.39 is 5.54 Å². The van der Waals surface area contributed by atoms with Crippen LogP contribution in [0.3, 0.4) is 0 Å². The minimum absolute atomic E-state index is 0.0969. The predicted molar refractivity (Wildman–Crippen MR) is 97.7 cm³/mol. The SMILES string of the molecule is C[C@@H](/C=[N+](\[O-])C(C)(C)C)N(Cc1ccccc1)[C@@H]1C=CCCC1. The maximum atomic E-state index is 12.3. The molecule has 0 spiro atoms. The monoisotopic (exact) mass is 314 g/mol. The zero-order chi connectivity index (χ0) is 16.9. The highest BCUT2D eigenvalue weighted by Crippen LogP contribution is 2.21. The van der Waals surface area contributed by atoms with Crippen molar-refractivity contribution in [2.45, 2.75) is 71.1 Å². The zero-order valence-electron chi connectivity index (χ0n) is 14.9. The average Bonchev–Trinajstić information content (AvgIpc) is 2.53. The molecule has 1 aliphatic carbocycles. The van der Waals surface area contributed by atoms with E-state index >= 15 is 0 Å². The number of hydrogen-bond donors (Lipinski definition) is 0. The number of benzene rings is 1. The number of hydrogen-bond acceptors (Lipinski definition) is 2. The molecule has 1 aromatic rings. The molecule has 1 aromatic carbocycles. The first kappa shape index (κ1) is 17.7. The van der Waals surface area contributed by atoms with Crippen LogP contribution in [0.15, 0.2) is 42.5 Å². The fourth-order valence-electron chi connectivity index (χ4n) is 2.93.